The van der Waals surface area contributed by atoms with E-state index in [4.69, 9.17) is 4.74 Å². The van der Waals surface area contributed by atoms with Crippen LogP contribution in [0.15, 0.2) is 48.7 Å². The Labute approximate surface area is 146 Å². The average Bonchev–Trinajstić information content (AvgIpc) is 3.09. The molecule has 1 aromatic heterocycles. The van der Waals surface area contributed by atoms with E-state index in [-0.39, 0.29) is 12.5 Å². The number of aryl methyl sites for hydroxylation is 1. The summed E-state index contributed by atoms with van der Waals surface area (Å²) in [7, 11) is 0. The zero-order valence-electron chi connectivity index (χ0n) is 14.2. The number of hydrogen-bond acceptors (Lipinski definition) is 3. The van der Waals surface area contributed by atoms with Crippen molar-refractivity contribution in [3.8, 4) is 5.75 Å². The lowest BCUT2D eigenvalue weighted by molar-refractivity contribution is -0.116. The molecule has 1 heterocycles. The minimum atomic E-state index is -0.129. The highest BCUT2D eigenvalue weighted by molar-refractivity contribution is 5.91. The van der Waals surface area contributed by atoms with Crippen molar-refractivity contribution in [3.05, 3.63) is 59.8 Å². The number of aliphatic hydroxyl groups is 1. The number of anilines is 1. The molecule has 5 heteroatoms. The Morgan fingerprint density at radius 2 is 2.08 bits per heavy atom. The number of hydrogen-bond donors (Lipinski definition) is 3. The summed E-state index contributed by atoms with van der Waals surface area (Å²) >= 11 is 0. The Bertz CT molecular complexity index is 870. The number of carbonyl (C=O) groups excluding carboxylic acids is 1. The molecule has 0 atom stereocenters. The van der Waals surface area contributed by atoms with Crippen molar-refractivity contribution in [1.82, 2.24) is 4.98 Å². The monoisotopic (exact) mass is 338 g/mol. The number of fused-ring (bicyclic) bond motifs is 1. The zero-order chi connectivity index (χ0) is 17.6. The van der Waals surface area contributed by atoms with Crippen LogP contribution in [0.25, 0.3) is 10.9 Å². The maximum atomic E-state index is 12.2. The standard InChI is InChI=1S/C20H22N2O3/c1-2-25-19-7-5-17(12-16(19)13-23)22-20(24)8-4-14-3-6-18-15(11-14)9-10-21-18/h3,5-7,9-12,21,23H,2,4,8,13H2,1H3,(H,22,24). The van der Waals surface area contributed by atoms with E-state index in [1.807, 2.05) is 31.3 Å². The first-order chi connectivity index (χ1) is 12.2. The summed E-state index contributed by atoms with van der Waals surface area (Å²) in [5.41, 5.74) is 3.56. The second-order valence-electron chi connectivity index (χ2n) is 5.86. The van der Waals surface area contributed by atoms with Gasteiger partial charge in [-0.3, -0.25) is 4.79 Å². The van der Waals surface area contributed by atoms with Gasteiger partial charge in [-0.25, -0.2) is 0 Å². The van der Waals surface area contributed by atoms with Gasteiger partial charge in [-0.05, 0) is 60.7 Å². The Balaban J connectivity index is 1.60. The van der Waals surface area contributed by atoms with Gasteiger partial charge in [0.05, 0.1) is 13.2 Å². The average molecular weight is 338 g/mol. The van der Waals surface area contributed by atoms with Crippen LogP contribution in [-0.2, 0) is 17.8 Å². The highest BCUT2D eigenvalue weighted by atomic mass is 16.5. The van der Waals surface area contributed by atoms with Crippen LogP contribution in [0.4, 0.5) is 5.69 Å². The molecule has 0 unspecified atom stereocenters. The Kier molecular flexibility index (Phi) is 5.36. The van der Waals surface area contributed by atoms with E-state index in [2.05, 4.69) is 16.4 Å². The first-order valence-corrected chi connectivity index (χ1v) is 8.42. The predicted molar refractivity (Wildman–Crippen MR) is 98.8 cm³/mol. The fraction of sp³-hybridized carbons (Fsp3) is 0.250. The molecular weight excluding hydrogens is 316 g/mol. The highest BCUT2D eigenvalue weighted by Gasteiger charge is 2.08. The molecule has 5 nitrogen and oxygen atoms in total. The second-order valence-corrected chi connectivity index (χ2v) is 5.86. The number of aliphatic hydroxyl groups excluding tert-OH is 1. The summed E-state index contributed by atoms with van der Waals surface area (Å²) < 4.78 is 5.45. The smallest absolute Gasteiger partial charge is 0.224 e. The van der Waals surface area contributed by atoms with Crippen molar-refractivity contribution in [3.63, 3.8) is 0 Å². The van der Waals surface area contributed by atoms with Crippen LogP contribution >= 0.6 is 0 Å². The number of rotatable bonds is 7. The number of aromatic amines is 1. The molecule has 0 saturated carbocycles. The van der Waals surface area contributed by atoms with E-state index in [1.165, 1.54) is 0 Å². The maximum absolute atomic E-state index is 12.2. The molecule has 3 rings (SSSR count). The maximum Gasteiger partial charge on any atom is 0.224 e. The number of benzene rings is 2. The topological polar surface area (TPSA) is 74.3 Å². The number of ether oxygens (including phenoxy) is 1. The molecule has 1 amide bonds. The summed E-state index contributed by atoms with van der Waals surface area (Å²) in [5, 5.41) is 13.5. The van der Waals surface area contributed by atoms with Crippen LogP contribution in [0, 0.1) is 0 Å². The van der Waals surface area contributed by atoms with Gasteiger partial charge in [0.25, 0.3) is 0 Å². The Morgan fingerprint density at radius 3 is 2.88 bits per heavy atom. The fourth-order valence-corrected chi connectivity index (χ4v) is 2.82. The zero-order valence-corrected chi connectivity index (χ0v) is 14.2. The summed E-state index contributed by atoms with van der Waals surface area (Å²) in [5.74, 6) is 0.588. The summed E-state index contributed by atoms with van der Waals surface area (Å²) in [4.78, 5) is 15.4. The largest absolute Gasteiger partial charge is 0.494 e. The van der Waals surface area contributed by atoms with E-state index in [0.717, 1.165) is 16.5 Å². The minimum Gasteiger partial charge on any atom is -0.494 e. The van der Waals surface area contributed by atoms with Crippen molar-refractivity contribution in [2.45, 2.75) is 26.4 Å². The molecular formula is C20H22N2O3. The number of amides is 1. The fourth-order valence-electron chi connectivity index (χ4n) is 2.82. The molecule has 0 fully saturated rings. The lowest BCUT2D eigenvalue weighted by Gasteiger charge is -2.11. The Hall–Kier alpha value is -2.79. The summed E-state index contributed by atoms with van der Waals surface area (Å²) in [6, 6.07) is 13.5. The third-order valence-corrected chi connectivity index (χ3v) is 4.07. The van der Waals surface area contributed by atoms with Gasteiger partial charge in [0.2, 0.25) is 5.91 Å². The molecule has 0 saturated heterocycles. The molecule has 25 heavy (non-hydrogen) atoms. The molecule has 0 aliphatic carbocycles. The number of nitrogens with one attached hydrogen (secondary N) is 2. The van der Waals surface area contributed by atoms with E-state index in [1.54, 1.807) is 18.2 Å². The third kappa shape index (κ3) is 4.19. The lowest BCUT2D eigenvalue weighted by atomic mass is 10.1. The van der Waals surface area contributed by atoms with Gasteiger partial charge in [-0.15, -0.1) is 0 Å². The van der Waals surface area contributed by atoms with Crippen LogP contribution < -0.4 is 10.1 Å². The minimum absolute atomic E-state index is 0.0535. The van der Waals surface area contributed by atoms with Crippen molar-refractivity contribution in [1.29, 1.82) is 0 Å². The van der Waals surface area contributed by atoms with Crippen LogP contribution in [0.2, 0.25) is 0 Å². The van der Waals surface area contributed by atoms with Crippen LogP contribution in [0.5, 0.6) is 5.75 Å². The van der Waals surface area contributed by atoms with Gasteiger partial charge >= 0.3 is 0 Å². The first kappa shape index (κ1) is 17.0. The van der Waals surface area contributed by atoms with E-state index in [9.17, 15) is 9.90 Å². The summed E-state index contributed by atoms with van der Waals surface area (Å²) in [6.45, 7) is 2.29. The molecule has 0 aliphatic rings. The normalized spacial score (nSPS) is 10.8. The first-order valence-electron chi connectivity index (χ1n) is 8.42. The van der Waals surface area contributed by atoms with E-state index in [0.29, 0.717) is 36.4 Å². The highest BCUT2D eigenvalue weighted by Crippen LogP contribution is 2.23. The summed E-state index contributed by atoms with van der Waals surface area (Å²) in [6.07, 6.45) is 2.99. The van der Waals surface area contributed by atoms with Crippen molar-refractivity contribution in [2.24, 2.45) is 0 Å². The second kappa shape index (κ2) is 7.85. The van der Waals surface area contributed by atoms with E-state index < -0.39 is 0 Å². The molecule has 130 valence electrons. The van der Waals surface area contributed by atoms with Gasteiger partial charge in [-0.1, -0.05) is 6.07 Å². The quantitative estimate of drug-likeness (QED) is 0.616. The molecule has 0 bridgehead atoms. The van der Waals surface area contributed by atoms with Crippen molar-refractivity contribution in [2.75, 3.05) is 11.9 Å². The molecule has 3 N–H and O–H groups in total. The number of carbonyl (C=O) groups is 1. The van der Waals surface area contributed by atoms with Gasteiger partial charge in [-0.2, -0.15) is 0 Å². The molecule has 2 aromatic carbocycles. The van der Waals surface area contributed by atoms with Crippen LogP contribution in [0.1, 0.15) is 24.5 Å². The van der Waals surface area contributed by atoms with Crippen molar-refractivity contribution < 1.29 is 14.6 Å². The SMILES string of the molecule is CCOc1ccc(NC(=O)CCc2ccc3[nH]ccc3c2)cc1CO. The molecule has 0 spiro atoms. The van der Waals surface area contributed by atoms with E-state index >= 15 is 0 Å². The molecule has 3 aromatic rings. The van der Waals surface area contributed by atoms with Gasteiger partial charge in [0.15, 0.2) is 0 Å². The molecule has 0 radical (unpaired) electrons. The van der Waals surface area contributed by atoms with Gasteiger partial charge in [0.1, 0.15) is 5.75 Å². The lowest BCUT2D eigenvalue weighted by Crippen LogP contribution is -2.12. The van der Waals surface area contributed by atoms with Crippen LogP contribution in [0.3, 0.4) is 0 Å². The number of H-pyrrole nitrogens is 1. The third-order valence-electron chi connectivity index (χ3n) is 4.07. The molecule has 0 aliphatic heterocycles. The van der Waals surface area contributed by atoms with Crippen molar-refractivity contribution >= 4 is 22.5 Å². The number of aromatic nitrogens is 1. The van der Waals surface area contributed by atoms with Crippen LogP contribution in [-0.4, -0.2) is 22.6 Å². The van der Waals surface area contributed by atoms with Gasteiger partial charge in [0, 0.05) is 29.4 Å². The Morgan fingerprint density at radius 1 is 1.20 bits per heavy atom. The van der Waals surface area contributed by atoms with Gasteiger partial charge < -0.3 is 20.1 Å². The predicted octanol–water partition coefficient (Wildman–Crippen LogP) is 3.63.